The second kappa shape index (κ2) is 7.13. The Morgan fingerprint density at radius 1 is 1.53 bits per heavy atom. The third kappa shape index (κ3) is 4.10. The molecule has 0 spiro atoms. The Hall–Kier alpha value is -0.770. The van der Waals surface area contributed by atoms with E-state index < -0.39 is 0 Å². The molecular formula is C15H22ClNO2. The van der Waals surface area contributed by atoms with Gasteiger partial charge in [0.25, 0.3) is 0 Å². The van der Waals surface area contributed by atoms with Gasteiger partial charge in [0, 0.05) is 17.7 Å². The molecule has 1 aliphatic heterocycles. The van der Waals surface area contributed by atoms with E-state index in [4.69, 9.17) is 21.1 Å². The molecule has 1 fully saturated rings. The van der Waals surface area contributed by atoms with Crippen molar-refractivity contribution in [1.82, 2.24) is 5.32 Å². The molecule has 1 aromatic carbocycles. The number of benzene rings is 1. The van der Waals surface area contributed by atoms with Gasteiger partial charge in [-0.1, -0.05) is 24.6 Å². The average molecular weight is 284 g/mol. The van der Waals surface area contributed by atoms with Crippen LogP contribution in [0, 0.1) is 0 Å². The van der Waals surface area contributed by atoms with Gasteiger partial charge < -0.3 is 14.8 Å². The summed E-state index contributed by atoms with van der Waals surface area (Å²) in [5.41, 5.74) is 1.10. The van der Waals surface area contributed by atoms with Gasteiger partial charge in [0.15, 0.2) is 0 Å². The van der Waals surface area contributed by atoms with E-state index in [1.807, 2.05) is 18.2 Å². The molecular weight excluding hydrogens is 262 g/mol. The standard InChI is InChI=1S/C15H22ClNO2/c1-3-17-11(2)14-7-6-12(9-15(14)16)19-10-13-5-4-8-18-13/h6-7,9,11,13,17H,3-5,8,10H2,1-2H3. The number of hydrogen-bond donors (Lipinski definition) is 1. The molecule has 2 rings (SSSR count). The molecule has 2 atom stereocenters. The maximum atomic E-state index is 6.30. The zero-order valence-electron chi connectivity index (χ0n) is 11.6. The monoisotopic (exact) mass is 283 g/mol. The first-order valence-electron chi connectivity index (χ1n) is 6.98. The van der Waals surface area contributed by atoms with Crippen molar-refractivity contribution in [3.63, 3.8) is 0 Å². The minimum Gasteiger partial charge on any atom is -0.491 e. The minimum absolute atomic E-state index is 0.235. The van der Waals surface area contributed by atoms with Crippen LogP contribution >= 0.6 is 11.6 Å². The fraction of sp³-hybridized carbons (Fsp3) is 0.600. The lowest BCUT2D eigenvalue weighted by Crippen LogP contribution is -2.18. The molecule has 0 aliphatic carbocycles. The van der Waals surface area contributed by atoms with Crippen LogP contribution in [0.4, 0.5) is 0 Å². The Bertz CT molecular complexity index is 405. The van der Waals surface area contributed by atoms with Crippen molar-refractivity contribution in [2.45, 2.75) is 38.8 Å². The van der Waals surface area contributed by atoms with Crippen molar-refractivity contribution in [3.8, 4) is 5.75 Å². The van der Waals surface area contributed by atoms with Gasteiger partial charge in [-0.15, -0.1) is 0 Å². The van der Waals surface area contributed by atoms with E-state index >= 15 is 0 Å². The Labute approximate surface area is 120 Å². The van der Waals surface area contributed by atoms with Crippen molar-refractivity contribution < 1.29 is 9.47 Å². The van der Waals surface area contributed by atoms with Crippen molar-refractivity contribution >= 4 is 11.6 Å². The highest BCUT2D eigenvalue weighted by Crippen LogP contribution is 2.27. The predicted molar refractivity (Wildman–Crippen MR) is 78.0 cm³/mol. The van der Waals surface area contributed by atoms with Gasteiger partial charge in [0.05, 0.1) is 6.10 Å². The highest BCUT2D eigenvalue weighted by atomic mass is 35.5. The first kappa shape index (κ1) is 14.6. The normalized spacial score (nSPS) is 20.5. The third-order valence-corrected chi connectivity index (χ3v) is 3.74. The van der Waals surface area contributed by atoms with Crippen LogP contribution in [-0.2, 0) is 4.74 Å². The van der Waals surface area contributed by atoms with Crippen LogP contribution in [0.25, 0.3) is 0 Å². The van der Waals surface area contributed by atoms with Crippen molar-refractivity contribution in [1.29, 1.82) is 0 Å². The summed E-state index contributed by atoms with van der Waals surface area (Å²) < 4.78 is 11.3. The Morgan fingerprint density at radius 3 is 3.00 bits per heavy atom. The van der Waals surface area contributed by atoms with Crippen LogP contribution in [-0.4, -0.2) is 25.9 Å². The molecule has 1 aromatic rings. The molecule has 1 N–H and O–H groups in total. The van der Waals surface area contributed by atoms with Crippen LogP contribution in [0.5, 0.6) is 5.75 Å². The van der Waals surface area contributed by atoms with Crippen LogP contribution in [0.15, 0.2) is 18.2 Å². The topological polar surface area (TPSA) is 30.5 Å². The van der Waals surface area contributed by atoms with Crippen molar-refractivity contribution in [2.75, 3.05) is 19.8 Å². The van der Waals surface area contributed by atoms with Gasteiger partial charge >= 0.3 is 0 Å². The second-order valence-corrected chi connectivity index (χ2v) is 5.32. The van der Waals surface area contributed by atoms with E-state index in [0.717, 1.165) is 42.3 Å². The minimum atomic E-state index is 0.235. The number of ether oxygens (including phenoxy) is 2. The van der Waals surface area contributed by atoms with E-state index in [-0.39, 0.29) is 12.1 Å². The van der Waals surface area contributed by atoms with Crippen LogP contribution < -0.4 is 10.1 Å². The molecule has 0 saturated carbocycles. The molecule has 1 aliphatic rings. The Balaban J connectivity index is 1.93. The molecule has 0 amide bonds. The summed E-state index contributed by atoms with van der Waals surface area (Å²) in [6, 6.07) is 6.15. The quantitative estimate of drug-likeness (QED) is 0.866. The maximum absolute atomic E-state index is 6.30. The third-order valence-electron chi connectivity index (χ3n) is 3.41. The summed E-state index contributed by atoms with van der Waals surface area (Å²) in [5, 5.41) is 4.10. The smallest absolute Gasteiger partial charge is 0.120 e. The first-order chi connectivity index (χ1) is 9.20. The van der Waals surface area contributed by atoms with E-state index in [9.17, 15) is 0 Å². The highest BCUT2D eigenvalue weighted by molar-refractivity contribution is 6.31. The fourth-order valence-corrected chi connectivity index (χ4v) is 2.66. The molecule has 0 radical (unpaired) electrons. The first-order valence-corrected chi connectivity index (χ1v) is 7.35. The molecule has 106 valence electrons. The van der Waals surface area contributed by atoms with E-state index in [2.05, 4.69) is 19.2 Å². The summed E-state index contributed by atoms with van der Waals surface area (Å²) in [7, 11) is 0. The summed E-state index contributed by atoms with van der Waals surface area (Å²) >= 11 is 6.30. The van der Waals surface area contributed by atoms with Crippen molar-refractivity contribution in [3.05, 3.63) is 28.8 Å². The molecule has 19 heavy (non-hydrogen) atoms. The van der Waals surface area contributed by atoms with E-state index in [0.29, 0.717) is 6.61 Å². The lowest BCUT2D eigenvalue weighted by atomic mass is 10.1. The zero-order chi connectivity index (χ0) is 13.7. The van der Waals surface area contributed by atoms with Gasteiger partial charge in [-0.3, -0.25) is 0 Å². The number of hydrogen-bond acceptors (Lipinski definition) is 3. The van der Waals surface area contributed by atoms with E-state index in [1.54, 1.807) is 0 Å². The Morgan fingerprint density at radius 2 is 2.37 bits per heavy atom. The van der Waals surface area contributed by atoms with Gasteiger partial charge in [-0.05, 0) is 44.0 Å². The number of rotatable bonds is 6. The molecule has 2 unspecified atom stereocenters. The summed E-state index contributed by atoms with van der Waals surface area (Å²) in [6.45, 7) is 6.59. The van der Waals surface area contributed by atoms with Gasteiger partial charge in [0.1, 0.15) is 12.4 Å². The SMILES string of the molecule is CCNC(C)c1ccc(OCC2CCCO2)cc1Cl. The molecule has 1 saturated heterocycles. The molecule has 0 aromatic heterocycles. The van der Waals surface area contributed by atoms with Gasteiger partial charge in [-0.25, -0.2) is 0 Å². The number of nitrogens with one attached hydrogen (secondary N) is 1. The molecule has 4 heteroatoms. The highest BCUT2D eigenvalue weighted by Gasteiger charge is 2.16. The average Bonchev–Trinajstić information content (AvgIpc) is 2.89. The van der Waals surface area contributed by atoms with Crippen LogP contribution in [0.1, 0.15) is 38.3 Å². The molecule has 1 heterocycles. The summed E-state index contributed by atoms with van der Waals surface area (Å²) in [4.78, 5) is 0. The maximum Gasteiger partial charge on any atom is 0.120 e. The van der Waals surface area contributed by atoms with Crippen LogP contribution in [0.2, 0.25) is 5.02 Å². The second-order valence-electron chi connectivity index (χ2n) is 4.91. The van der Waals surface area contributed by atoms with Gasteiger partial charge in [0.2, 0.25) is 0 Å². The van der Waals surface area contributed by atoms with E-state index in [1.165, 1.54) is 0 Å². The summed E-state index contributed by atoms with van der Waals surface area (Å²) in [6.07, 6.45) is 2.45. The molecule has 0 bridgehead atoms. The van der Waals surface area contributed by atoms with Gasteiger partial charge in [-0.2, -0.15) is 0 Å². The predicted octanol–water partition coefficient (Wildman–Crippen LogP) is 3.57. The van der Waals surface area contributed by atoms with Crippen LogP contribution in [0.3, 0.4) is 0 Å². The lowest BCUT2D eigenvalue weighted by molar-refractivity contribution is 0.0679. The van der Waals surface area contributed by atoms with Crippen molar-refractivity contribution in [2.24, 2.45) is 0 Å². The Kier molecular flexibility index (Phi) is 5.49. The largest absolute Gasteiger partial charge is 0.491 e. The zero-order valence-corrected chi connectivity index (χ0v) is 12.4. The number of halogens is 1. The molecule has 3 nitrogen and oxygen atoms in total. The fourth-order valence-electron chi connectivity index (χ4n) is 2.33. The summed E-state index contributed by atoms with van der Waals surface area (Å²) in [5.74, 6) is 0.813. The lowest BCUT2D eigenvalue weighted by Gasteiger charge is -2.16.